The van der Waals surface area contributed by atoms with Gasteiger partial charge in [-0.05, 0) is 31.4 Å². The summed E-state index contributed by atoms with van der Waals surface area (Å²) in [6.45, 7) is 0. The van der Waals surface area contributed by atoms with Crippen molar-refractivity contribution in [3.63, 3.8) is 0 Å². The average Bonchev–Trinajstić information content (AvgIpc) is 3.45. The molecule has 0 radical (unpaired) electrons. The fourth-order valence-corrected chi connectivity index (χ4v) is 6.83. The molecule has 2 fully saturated rings. The number of rotatable bonds is 6. The number of carbonyl (C=O) groups is 1. The molecule has 2 aromatic heterocycles. The van der Waals surface area contributed by atoms with Crippen molar-refractivity contribution in [2.75, 3.05) is 24.3 Å². The molecular formula is C19H26N4O4S2. The maximum absolute atomic E-state index is 12.7. The summed E-state index contributed by atoms with van der Waals surface area (Å²) in [4.78, 5) is 14.2. The molecule has 158 valence electrons. The van der Waals surface area contributed by atoms with Gasteiger partial charge in [-0.15, -0.1) is 10.2 Å². The van der Waals surface area contributed by atoms with E-state index in [4.69, 9.17) is 4.42 Å². The summed E-state index contributed by atoms with van der Waals surface area (Å²) < 4.78 is 31.1. The molecule has 1 saturated heterocycles. The Morgan fingerprint density at radius 3 is 2.72 bits per heavy atom. The zero-order valence-corrected chi connectivity index (χ0v) is 18.1. The van der Waals surface area contributed by atoms with Crippen molar-refractivity contribution >= 4 is 27.5 Å². The number of amides is 1. The van der Waals surface area contributed by atoms with Gasteiger partial charge in [0.05, 0.1) is 23.5 Å². The normalized spacial score (nSPS) is 22.0. The molecule has 2 aliphatic rings. The highest BCUT2D eigenvalue weighted by atomic mass is 32.2. The van der Waals surface area contributed by atoms with Gasteiger partial charge in [0.15, 0.2) is 20.8 Å². The van der Waals surface area contributed by atoms with Crippen molar-refractivity contribution in [1.29, 1.82) is 0 Å². The van der Waals surface area contributed by atoms with Gasteiger partial charge in [0.2, 0.25) is 11.7 Å². The van der Waals surface area contributed by atoms with Gasteiger partial charge in [-0.2, -0.15) is 0 Å². The number of hydrogen-bond donors (Lipinski definition) is 0. The van der Waals surface area contributed by atoms with Gasteiger partial charge < -0.3 is 9.32 Å². The van der Waals surface area contributed by atoms with Crippen LogP contribution in [0.5, 0.6) is 0 Å². The molecular weight excluding hydrogens is 412 g/mol. The van der Waals surface area contributed by atoms with Crippen molar-refractivity contribution < 1.29 is 17.6 Å². The first kappa shape index (κ1) is 20.5. The van der Waals surface area contributed by atoms with E-state index >= 15 is 0 Å². The molecule has 1 atom stereocenters. The fraction of sp³-hybridized carbons (Fsp3) is 0.632. The van der Waals surface area contributed by atoms with Gasteiger partial charge in [0, 0.05) is 19.1 Å². The van der Waals surface area contributed by atoms with E-state index in [0.717, 1.165) is 12.8 Å². The fourth-order valence-electron chi connectivity index (χ4n) is 4.13. The minimum absolute atomic E-state index is 0.0564. The van der Waals surface area contributed by atoms with Crippen LogP contribution in [0.1, 0.15) is 44.6 Å². The van der Waals surface area contributed by atoms with Crippen LogP contribution in [0.4, 0.5) is 0 Å². The first-order valence-electron chi connectivity index (χ1n) is 10.0. The van der Waals surface area contributed by atoms with Gasteiger partial charge in [-0.25, -0.2) is 8.42 Å². The summed E-state index contributed by atoms with van der Waals surface area (Å²) in [7, 11) is -1.33. The molecule has 10 heteroatoms. The predicted octanol–water partition coefficient (Wildman–Crippen LogP) is 2.78. The highest BCUT2D eigenvalue weighted by molar-refractivity contribution is 7.99. The third kappa shape index (κ3) is 4.53. The Bertz CT molecular complexity index is 949. The Morgan fingerprint density at radius 2 is 2.07 bits per heavy atom. The minimum atomic E-state index is -3.02. The summed E-state index contributed by atoms with van der Waals surface area (Å²) in [5.41, 5.74) is 0. The van der Waals surface area contributed by atoms with Gasteiger partial charge in [0.25, 0.3) is 0 Å². The van der Waals surface area contributed by atoms with Crippen LogP contribution < -0.4 is 0 Å². The maximum Gasteiger partial charge on any atom is 0.233 e. The highest BCUT2D eigenvalue weighted by Gasteiger charge is 2.33. The van der Waals surface area contributed by atoms with Gasteiger partial charge in [-0.1, -0.05) is 31.0 Å². The number of thioether (sulfide) groups is 1. The Labute approximate surface area is 175 Å². The number of furan rings is 1. The topological polar surface area (TPSA) is 98.3 Å². The molecule has 1 amide bonds. The molecule has 0 aromatic carbocycles. The third-order valence-electron chi connectivity index (χ3n) is 5.82. The smallest absolute Gasteiger partial charge is 0.233 e. The predicted molar refractivity (Wildman–Crippen MR) is 110 cm³/mol. The van der Waals surface area contributed by atoms with Gasteiger partial charge >= 0.3 is 0 Å². The molecule has 0 N–H and O–H groups in total. The second-order valence-electron chi connectivity index (χ2n) is 7.80. The van der Waals surface area contributed by atoms with Gasteiger partial charge in [0.1, 0.15) is 0 Å². The van der Waals surface area contributed by atoms with Crippen molar-refractivity contribution in [3.05, 3.63) is 18.4 Å². The Kier molecular flexibility index (Phi) is 6.00. The molecule has 1 saturated carbocycles. The van der Waals surface area contributed by atoms with Crippen LogP contribution in [-0.2, 0) is 14.6 Å². The van der Waals surface area contributed by atoms with Crippen molar-refractivity contribution in [2.45, 2.75) is 55.8 Å². The lowest BCUT2D eigenvalue weighted by Gasteiger charge is -2.26. The second-order valence-corrected chi connectivity index (χ2v) is 11.0. The molecule has 2 aromatic rings. The quantitative estimate of drug-likeness (QED) is 0.640. The minimum Gasteiger partial charge on any atom is -0.461 e. The zero-order valence-electron chi connectivity index (χ0n) is 16.5. The summed E-state index contributed by atoms with van der Waals surface area (Å²) >= 11 is 1.36. The van der Waals surface area contributed by atoms with Crippen LogP contribution >= 0.6 is 11.8 Å². The van der Waals surface area contributed by atoms with E-state index in [0.29, 0.717) is 29.2 Å². The monoisotopic (exact) mass is 438 g/mol. The van der Waals surface area contributed by atoms with Crippen molar-refractivity contribution in [1.82, 2.24) is 19.7 Å². The number of aromatic nitrogens is 3. The molecule has 1 aliphatic carbocycles. The first-order valence-corrected chi connectivity index (χ1v) is 12.8. The molecule has 1 unspecified atom stereocenters. The van der Waals surface area contributed by atoms with Crippen LogP contribution in [0.3, 0.4) is 0 Å². The zero-order chi connectivity index (χ0) is 20.4. The number of carbonyl (C=O) groups excluding carboxylic acids is 1. The van der Waals surface area contributed by atoms with Crippen LogP contribution in [-0.4, -0.2) is 64.3 Å². The average molecular weight is 439 g/mol. The standard InChI is InChI=1S/C19H26N4O4S2/c1-22(15-9-11-29(25,26)13-15)17(24)12-28-19-21-20-18(16-8-5-10-27-16)23(19)14-6-3-2-4-7-14/h5,8,10,14-15H,2-4,6-7,9,11-13H2,1H3. The summed E-state index contributed by atoms with van der Waals surface area (Å²) in [6, 6.07) is 3.77. The third-order valence-corrected chi connectivity index (χ3v) is 8.50. The molecule has 8 nitrogen and oxygen atoms in total. The molecule has 0 bridgehead atoms. The number of hydrogen-bond acceptors (Lipinski definition) is 7. The Balaban J connectivity index is 1.49. The van der Waals surface area contributed by atoms with Crippen LogP contribution in [0, 0.1) is 0 Å². The molecule has 29 heavy (non-hydrogen) atoms. The van der Waals surface area contributed by atoms with Gasteiger partial charge in [-0.3, -0.25) is 9.36 Å². The SMILES string of the molecule is CN(C(=O)CSc1nnc(-c2ccco2)n1C1CCCCC1)C1CCS(=O)(=O)C1. The second kappa shape index (κ2) is 8.51. The lowest BCUT2D eigenvalue weighted by molar-refractivity contribution is -0.128. The summed E-state index contributed by atoms with van der Waals surface area (Å²) in [5.74, 6) is 1.71. The van der Waals surface area contributed by atoms with E-state index in [9.17, 15) is 13.2 Å². The van der Waals surface area contributed by atoms with Crippen LogP contribution in [0.25, 0.3) is 11.6 Å². The van der Waals surface area contributed by atoms with E-state index in [1.54, 1.807) is 18.2 Å². The molecule has 3 heterocycles. The highest BCUT2D eigenvalue weighted by Crippen LogP contribution is 2.35. The number of nitrogens with zero attached hydrogens (tertiary/aromatic N) is 4. The molecule has 1 aliphatic heterocycles. The maximum atomic E-state index is 12.7. The van der Waals surface area contributed by atoms with Crippen LogP contribution in [0.15, 0.2) is 28.0 Å². The van der Waals surface area contributed by atoms with E-state index in [-0.39, 0.29) is 29.2 Å². The van der Waals surface area contributed by atoms with Crippen LogP contribution in [0.2, 0.25) is 0 Å². The largest absolute Gasteiger partial charge is 0.461 e. The Hall–Kier alpha value is -1.81. The van der Waals surface area contributed by atoms with Crippen molar-refractivity contribution in [3.8, 4) is 11.6 Å². The Morgan fingerprint density at radius 1 is 1.28 bits per heavy atom. The first-order chi connectivity index (χ1) is 13.9. The van der Waals surface area contributed by atoms with E-state index < -0.39 is 9.84 Å². The van der Waals surface area contributed by atoms with E-state index in [1.807, 2.05) is 12.1 Å². The lowest BCUT2D eigenvalue weighted by Crippen LogP contribution is -2.38. The number of sulfone groups is 1. The summed E-state index contributed by atoms with van der Waals surface area (Å²) in [6.07, 6.45) is 7.84. The van der Waals surface area contributed by atoms with E-state index in [2.05, 4.69) is 14.8 Å². The summed E-state index contributed by atoms with van der Waals surface area (Å²) in [5, 5.41) is 9.41. The van der Waals surface area contributed by atoms with Crippen molar-refractivity contribution in [2.24, 2.45) is 0 Å². The molecule has 4 rings (SSSR count). The molecule has 0 spiro atoms. The van der Waals surface area contributed by atoms with E-state index in [1.165, 1.54) is 31.0 Å². The lowest BCUT2D eigenvalue weighted by atomic mass is 9.95.